The molecule has 0 aromatic carbocycles. The molecule has 1 heterocycles. The molecule has 0 spiro atoms. The number of likely N-dealkylation sites (N-methyl/N-ethyl adjacent to an activating group) is 1. The van der Waals surface area contributed by atoms with Crippen molar-refractivity contribution >= 4 is 11.6 Å². The molecule has 1 N–H and O–H groups in total. The molecule has 0 radical (unpaired) electrons. The molecule has 0 aliphatic carbocycles. The van der Waals surface area contributed by atoms with Gasteiger partial charge in [-0.3, -0.25) is 9.58 Å². The van der Waals surface area contributed by atoms with Crippen LogP contribution in [0.15, 0.2) is 0 Å². The summed E-state index contributed by atoms with van der Waals surface area (Å²) in [5.74, 6) is 0. The van der Waals surface area contributed by atoms with Crippen molar-refractivity contribution in [3.8, 4) is 0 Å². The Balaban J connectivity index is 2.76. The minimum Gasteiger partial charge on any atom is -0.318 e. The number of nitrogens with one attached hydrogen (secondary N) is 1. The SMILES string of the molecule is CCCN(CCNC)Cc1c(Cl)c(CC)nn1C. The van der Waals surface area contributed by atoms with Crippen molar-refractivity contribution in [2.24, 2.45) is 7.05 Å². The predicted molar refractivity (Wildman–Crippen MR) is 77.1 cm³/mol. The Labute approximate surface area is 115 Å². The lowest BCUT2D eigenvalue weighted by molar-refractivity contribution is 0.261. The van der Waals surface area contributed by atoms with Crippen molar-refractivity contribution in [3.63, 3.8) is 0 Å². The van der Waals surface area contributed by atoms with E-state index in [1.54, 1.807) is 0 Å². The van der Waals surface area contributed by atoms with Gasteiger partial charge < -0.3 is 5.32 Å². The number of hydrogen-bond acceptors (Lipinski definition) is 3. The zero-order chi connectivity index (χ0) is 13.5. The Bertz CT molecular complexity index is 362. The van der Waals surface area contributed by atoms with E-state index in [4.69, 9.17) is 11.6 Å². The van der Waals surface area contributed by atoms with Crippen LogP contribution in [0, 0.1) is 0 Å². The number of aryl methyl sites for hydroxylation is 2. The van der Waals surface area contributed by atoms with Gasteiger partial charge in [0.25, 0.3) is 0 Å². The van der Waals surface area contributed by atoms with Crippen LogP contribution in [0.25, 0.3) is 0 Å². The van der Waals surface area contributed by atoms with Crippen LogP contribution in [0.3, 0.4) is 0 Å². The maximum Gasteiger partial charge on any atom is 0.0863 e. The molecule has 0 unspecified atom stereocenters. The molecule has 0 saturated carbocycles. The molecule has 0 atom stereocenters. The second-order valence-corrected chi connectivity index (χ2v) is 4.94. The van der Waals surface area contributed by atoms with Gasteiger partial charge in [0.05, 0.1) is 16.4 Å². The summed E-state index contributed by atoms with van der Waals surface area (Å²) in [4.78, 5) is 2.42. The largest absolute Gasteiger partial charge is 0.318 e. The van der Waals surface area contributed by atoms with Crippen LogP contribution in [0.4, 0.5) is 0 Å². The van der Waals surface area contributed by atoms with Crippen molar-refractivity contribution in [1.82, 2.24) is 20.0 Å². The van der Waals surface area contributed by atoms with Crippen molar-refractivity contribution in [3.05, 3.63) is 16.4 Å². The molecule has 0 aliphatic heterocycles. The molecular formula is C13H25ClN4. The Kier molecular flexibility index (Phi) is 6.68. The van der Waals surface area contributed by atoms with E-state index in [9.17, 15) is 0 Å². The van der Waals surface area contributed by atoms with Gasteiger partial charge in [-0.15, -0.1) is 0 Å². The zero-order valence-electron chi connectivity index (χ0n) is 12.0. The third kappa shape index (κ3) is 3.97. The fourth-order valence-electron chi connectivity index (χ4n) is 2.06. The molecule has 5 heteroatoms. The van der Waals surface area contributed by atoms with Crippen LogP contribution in [0.2, 0.25) is 5.02 Å². The summed E-state index contributed by atoms with van der Waals surface area (Å²) < 4.78 is 1.92. The molecule has 0 aliphatic rings. The molecule has 1 rings (SSSR count). The van der Waals surface area contributed by atoms with E-state index < -0.39 is 0 Å². The molecule has 0 amide bonds. The van der Waals surface area contributed by atoms with E-state index in [1.165, 1.54) is 0 Å². The number of nitrogens with zero attached hydrogens (tertiary/aromatic N) is 3. The third-order valence-corrected chi connectivity index (χ3v) is 3.53. The first-order valence-corrected chi connectivity index (χ1v) is 7.08. The molecule has 0 bridgehead atoms. The number of aromatic nitrogens is 2. The molecule has 104 valence electrons. The van der Waals surface area contributed by atoms with E-state index in [0.717, 1.165) is 55.4 Å². The van der Waals surface area contributed by atoms with Gasteiger partial charge in [-0.1, -0.05) is 25.4 Å². The van der Waals surface area contributed by atoms with Crippen molar-refractivity contribution in [2.45, 2.75) is 33.2 Å². The van der Waals surface area contributed by atoms with Crippen LogP contribution in [-0.2, 0) is 20.0 Å². The van der Waals surface area contributed by atoms with E-state index >= 15 is 0 Å². The average Bonchev–Trinajstić information content (AvgIpc) is 2.63. The summed E-state index contributed by atoms with van der Waals surface area (Å²) in [5.41, 5.74) is 2.12. The van der Waals surface area contributed by atoms with Crippen LogP contribution >= 0.6 is 11.6 Å². The summed E-state index contributed by atoms with van der Waals surface area (Å²) in [7, 11) is 3.96. The highest BCUT2D eigenvalue weighted by atomic mass is 35.5. The second kappa shape index (κ2) is 7.77. The number of halogens is 1. The van der Waals surface area contributed by atoms with E-state index in [-0.39, 0.29) is 0 Å². The minimum atomic E-state index is 0.838. The van der Waals surface area contributed by atoms with E-state index in [0.29, 0.717) is 0 Å². The van der Waals surface area contributed by atoms with Gasteiger partial charge >= 0.3 is 0 Å². The molecule has 18 heavy (non-hydrogen) atoms. The first-order chi connectivity index (χ1) is 8.63. The van der Waals surface area contributed by atoms with Gasteiger partial charge in [0.15, 0.2) is 0 Å². The summed E-state index contributed by atoms with van der Waals surface area (Å²) in [6.07, 6.45) is 2.04. The quantitative estimate of drug-likeness (QED) is 0.787. The summed E-state index contributed by atoms with van der Waals surface area (Å²) in [6, 6.07) is 0. The highest BCUT2D eigenvalue weighted by Gasteiger charge is 2.15. The smallest absolute Gasteiger partial charge is 0.0863 e. The topological polar surface area (TPSA) is 33.1 Å². The summed E-state index contributed by atoms with van der Waals surface area (Å²) >= 11 is 6.38. The Morgan fingerprint density at radius 1 is 1.33 bits per heavy atom. The third-order valence-electron chi connectivity index (χ3n) is 3.09. The predicted octanol–water partition coefficient (Wildman–Crippen LogP) is 2.07. The van der Waals surface area contributed by atoms with Gasteiger partial charge in [0.1, 0.15) is 0 Å². The van der Waals surface area contributed by atoms with Crippen LogP contribution < -0.4 is 5.32 Å². The molecule has 4 nitrogen and oxygen atoms in total. The van der Waals surface area contributed by atoms with Crippen LogP contribution in [0.5, 0.6) is 0 Å². The van der Waals surface area contributed by atoms with Crippen molar-refractivity contribution in [2.75, 3.05) is 26.7 Å². The average molecular weight is 273 g/mol. The Morgan fingerprint density at radius 3 is 2.56 bits per heavy atom. The molecular weight excluding hydrogens is 248 g/mol. The number of rotatable bonds is 8. The normalized spacial score (nSPS) is 11.4. The standard InChI is InChI=1S/C13H25ClN4/c1-5-8-18(9-7-15-3)10-12-13(14)11(6-2)16-17(12)4/h15H,5-10H2,1-4H3. The maximum atomic E-state index is 6.38. The number of hydrogen-bond donors (Lipinski definition) is 1. The lowest BCUT2D eigenvalue weighted by Gasteiger charge is -2.21. The Hall–Kier alpha value is -0.580. The minimum absolute atomic E-state index is 0.838. The van der Waals surface area contributed by atoms with Crippen LogP contribution in [0.1, 0.15) is 31.7 Å². The summed E-state index contributed by atoms with van der Waals surface area (Å²) in [6.45, 7) is 8.28. The fourth-order valence-corrected chi connectivity index (χ4v) is 2.41. The highest BCUT2D eigenvalue weighted by molar-refractivity contribution is 6.31. The van der Waals surface area contributed by atoms with Crippen molar-refractivity contribution < 1.29 is 0 Å². The zero-order valence-corrected chi connectivity index (χ0v) is 12.7. The molecule has 0 saturated heterocycles. The fraction of sp³-hybridized carbons (Fsp3) is 0.769. The second-order valence-electron chi connectivity index (χ2n) is 4.56. The monoisotopic (exact) mass is 272 g/mol. The van der Waals surface area contributed by atoms with E-state index in [1.807, 2.05) is 18.8 Å². The Morgan fingerprint density at radius 2 is 2.06 bits per heavy atom. The van der Waals surface area contributed by atoms with Crippen LogP contribution in [-0.4, -0.2) is 41.4 Å². The first-order valence-electron chi connectivity index (χ1n) is 6.71. The van der Waals surface area contributed by atoms with Gasteiger partial charge in [-0.05, 0) is 26.4 Å². The summed E-state index contributed by atoms with van der Waals surface area (Å²) in [5, 5.41) is 8.49. The molecule has 1 aromatic heterocycles. The molecule has 1 aromatic rings. The maximum absolute atomic E-state index is 6.38. The highest BCUT2D eigenvalue weighted by Crippen LogP contribution is 2.22. The van der Waals surface area contributed by atoms with Crippen molar-refractivity contribution in [1.29, 1.82) is 0 Å². The lowest BCUT2D eigenvalue weighted by Crippen LogP contribution is -2.31. The van der Waals surface area contributed by atoms with Gasteiger partial charge in [-0.2, -0.15) is 5.10 Å². The molecule has 0 fully saturated rings. The van der Waals surface area contributed by atoms with Gasteiger partial charge in [-0.25, -0.2) is 0 Å². The van der Waals surface area contributed by atoms with Gasteiger partial charge in [0.2, 0.25) is 0 Å². The van der Waals surface area contributed by atoms with E-state index in [2.05, 4.69) is 29.2 Å². The van der Waals surface area contributed by atoms with Gasteiger partial charge in [0, 0.05) is 26.7 Å². The first kappa shape index (κ1) is 15.5. The lowest BCUT2D eigenvalue weighted by atomic mass is 10.2.